The monoisotopic (exact) mass is 425 g/mol. The highest BCUT2D eigenvalue weighted by atomic mass is 79.9. The molecule has 0 unspecified atom stereocenters. The molecule has 0 atom stereocenters. The van der Waals surface area contributed by atoms with Crippen molar-refractivity contribution in [2.75, 3.05) is 10.6 Å². The number of carbonyl (C=O) groups excluding carboxylic acids is 1. The zero-order valence-electron chi connectivity index (χ0n) is 13.8. The number of pyridine rings is 1. The van der Waals surface area contributed by atoms with Crippen LogP contribution in [0.2, 0.25) is 0 Å². The van der Waals surface area contributed by atoms with E-state index in [0.29, 0.717) is 15.8 Å². The topological polar surface area (TPSA) is 82.7 Å². The quantitative estimate of drug-likeness (QED) is 0.423. The zero-order chi connectivity index (χ0) is 18.8. The molecule has 134 valence electrons. The molecule has 2 heterocycles. The lowest BCUT2D eigenvalue weighted by molar-refractivity contribution is 0.262. The predicted molar refractivity (Wildman–Crippen MR) is 106 cm³/mol. The fourth-order valence-electron chi connectivity index (χ4n) is 2.70. The molecule has 0 aliphatic carbocycles. The lowest BCUT2D eigenvalue weighted by Crippen LogP contribution is -2.20. The van der Waals surface area contributed by atoms with E-state index in [1.165, 1.54) is 12.1 Å². The molecule has 0 aliphatic heterocycles. The highest BCUT2D eigenvalue weighted by Gasteiger charge is 2.09. The van der Waals surface area contributed by atoms with Crippen LogP contribution in [0.4, 0.5) is 20.6 Å². The zero-order valence-corrected chi connectivity index (χ0v) is 15.4. The van der Waals surface area contributed by atoms with Crippen LogP contribution >= 0.6 is 15.9 Å². The Morgan fingerprint density at radius 2 is 1.85 bits per heavy atom. The molecular formula is C19H13BrFN5O. The third kappa shape index (κ3) is 3.65. The first-order chi connectivity index (χ1) is 13.1. The van der Waals surface area contributed by atoms with E-state index in [2.05, 4.69) is 41.5 Å². The summed E-state index contributed by atoms with van der Waals surface area (Å²) in [6.45, 7) is 0. The van der Waals surface area contributed by atoms with Gasteiger partial charge in [-0.2, -0.15) is 0 Å². The van der Waals surface area contributed by atoms with Gasteiger partial charge in [0.25, 0.3) is 0 Å². The molecule has 0 saturated carbocycles. The number of aromatic amines is 1. The molecule has 4 aromatic rings. The van der Waals surface area contributed by atoms with Crippen molar-refractivity contribution in [1.29, 1.82) is 0 Å². The largest absolute Gasteiger partial charge is 0.343 e. The number of hydrogen-bond acceptors (Lipinski definition) is 3. The predicted octanol–water partition coefficient (Wildman–Crippen LogP) is 5.17. The summed E-state index contributed by atoms with van der Waals surface area (Å²) >= 11 is 3.18. The van der Waals surface area contributed by atoms with Crippen molar-refractivity contribution < 1.29 is 9.18 Å². The van der Waals surface area contributed by atoms with Gasteiger partial charge < -0.3 is 15.6 Å². The number of nitrogens with one attached hydrogen (secondary N) is 3. The number of aromatic nitrogens is 3. The van der Waals surface area contributed by atoms with Gasteiger partial charge in [-0.1, -0.05) is 28.1 Å². The van der Waals surface area contributed by atoms with E-state index in [9.17, 15) is 9.18 Å². The molecule has 2 aromatic carbocycles. The van der Waals surface area contributed by atoms with Crippen molar-refractivity contribution in [2.45, 2.75) is 0 Å². The molecule has 27 heavy (non-hydrogen) atoms. The number of H-pyrrole nitrogens is 1. The normalized spacial score (nSPS) is 10.7. The third-order valence-corrected chi connectivity index (χ3v) is 4.45. The lowest BCUT2D eigenvalue weighted by atomic mass is 10.1. The van der Waals surface area contributed by atoms with Gasteiger partial charge in [0.2, 0.25) is 0 Å². The van der Waals surface area contributed by atoms with Gasteiger partial charge in [-0.15, -0.1) is 0 Å². The first-order valence-corrected chi connectivity index (χ1v) is 8.81. The Kier molecular flexibility index (Phi) is 4.55. The van der Waals surface area contributed by atoms with Gasteiger partial charge in [-0.05, 0) is 42.0 Å². The summed E-state index contributed by atoms with van der Waals surface area (Å²) in [5.74, 6) is -0.517. The number of benzene rings is 2. The Balaban J connectivity index is 1.49. The second-order valence-electron chi connectivity index (χ2n) is 5.74. The summed E-state index contributed by atoms with van der Waals surface area (Å²) < 4.78 is 14.4. The molecule has 4 rings (SSSR count). The smallest absolute Gasteiger partial charge is 0.323 e. The van der Waals surface area contributed by atoms with Crippen molar-refractivity contribution in [3.05, 3.63) is 71.3 Å². The molecule has 8 heteroatoms. The molecule has 0 saturated heterocycles. The summed E-state index contributed by atoms with van der Waals surface area (Å²) in [7, 11) is 0. The van der Waals surface area contributed by atoms with Crippen LogP contribution in [0.5, 0.6) is 0 Å². The maximum Gasteiger partial charge on any atom is 0.323 e. The van der Waals surface area contributed by atoms with Crippen LogP contribution in [-0.2, 0) is 0 Å². The minimum atomic E-state index is -0.524. The summed E-state index contributed by atoms with van der Waals surface area (Å²) in [5.41, 5.74) is 4.10. The number of amides is 2. The Morgan fingerprint density at radius 1 is 1.04 bits per heavy atom. The fraction of sp³-hybridized carbons (Fsp3) is 0. The van der Waals surface area contributed by atoms with Crippen LogP contribution < -0.4 is 10.6 Å². The minimum absolute atomic E-state index is 0.103. The fourth-order valence-corrected chi connectivity index (χ4v) is 3.03. The van der Waals surface area contributed by atoms with Crippen LogP contribution in [0.3, 0.4) is 0 Å². The number of carbonyl (C=O) groups is 1. The van der Waals surface area contributed by atoms with Crippen molar-refractivity contribution in [2.24, 2.45) is 0 Å². The highest BCUT2D eigenvalue weighted by Crippen LogP contribution is 2.26. The molecule has 0 radical (unpaired) electrons. The second kappa shape index (κ2) is 7.16. The second-order valence-corrected chi connectivity index (χ2v) is 6.66. The van der Waals surface area contributed by atoms with Gasteiger partial charge in [0.15, 0.2) is 5.65 Å². The van der Waals surface area contributed by atoms with Gasteiger partial charge in [0.1, 0.15) is 5.82 Å². The van der Waals surface area contributed by atoms with Crippen LogP contribution in [0, 0.1) is 5.82 Å². The van der Waals surface area contributed by atoms with E-state index in [-0.39, 0.29) is 5.69 Å². The van der Waals surface area contributed by atoms with Crippen LogP contribution in [0.15, 0.2) is 65.5 Å². The SMILES string of the molecule is O=C(Nc1ccc(-c2ccnc3nc[nH]c23)cc1)Nc1ccc(Br)cc1F. The van der Waals surface area contributed by atoms with Crippen LogP contribution in [-0.4, -0.2) is 21.0 Å². The standard InChI is InChI=1S/C19H13BrFN5O/c20-12-3-6-16(15(21)9-12)26-19(27)25-13-4-1-11(2-5-13)14-7-8-22-18-17(14)23-10-24-18/h1-10H,(H,22,23,24)(H2,25,26,27). The Hall–Kier alpha value is -3.26. The summed E-state index contributed by atoms with van der Waals surface area (Å²) in [6, 6.07) is 13.1. The Labute approximate surface area is 162 Å². The maximum absolute atomic E-state index is 13.8. The molecule has 0 fully saturated rings. The van der Waals surface area contributed by atoms with Gasteiger partial charge >= 0.3 is 6.03 Å². The van der Waals surface area contributed by atoms with Crippen LogP contribution in [0.25, 0.3) is 22.3 Å². The van der Waals surface area contributed by atoms with Gasteiger partial charge in [0, 0.05) is 21.9 Å². The average molecular weight is 426 g/mol. The van der Waals surface area contributed by atoms with Crippen LogP contribution in [0.1, 0.15) is 0 Å². The molecule has 2 amide bonds. The van der Waals surface area contributed by atoms with Crippen molar-refractivity contribution in [3.8, 4) is 11.1 Å². The number of imidazole rings is 1. The van der Waals surface area contributed by atoms with E-state index < -0.39 is 11.8 Å². The maximum atomic E-state index is 13.8. The van der Waals surface area contributed by atoms with Crippen molar-refractivity contribution in [3.63, 3.8) is 0 Å². The van der Waals surface area contributed by atoms with Gasteiger partial charge in [-0.3, -0.25) is 0 Å². The molecular weight excluding hydrogens is 413 g/mol. The lowest BCUT2D eigenvalue weighted by Gasteiger charge is -2.09. The van der Waals surface area contributed by atoms with E-state index >= 15 is 0 Å². The number of fused-ring (bicyclic) bond motifs is 1. The van der Waals surface area contributed by atoms with Crippen molar-refractivity contribution in [1.82, 2.24) is 15.0 Å². The molecule has 0 bridgehead atoms. The van der Waals surface area contributed by atoms with Crippen molar-refractivity contribution >= 4 is 44.5 Å². The molecule has 2 aromatic heterocycles. The number of rotatable bonds is 3. The summed E-state index contributed by atoms with van der Waals surface area (Å²) in [6.07, 6.45) is 3.30. The van der Waals surface area contributed by atoms with Gasteiger partial charge in [0.05, 0.1) is 17.5 Å². The minimum Gasteiger partial charge on any atom is -0.343 e. The molecule has 0 aliphatic rings. The Bertz CT molecular complexity index is 1130. The number of hydrogen-bond donors (Lipinski definition) is 3. The molecule has 3 N–H and O–H groups in total. The Morgan fingerprint density at radius 3 is 2.63 bits per heavy atom. The number of urea groups is 1. The number of halogens is 2. The van der Waals surface area contributed by atoms with E-state index in [1.54, 1.807) is 30.7 Å². The number of nitrogens with zero attached hydrogens (tertiary/aromatic N) is 2. The van der Waals surface area contributed by atoms with E-state index in [4.69, 9.17) is 0 Å². The third-order valence-electron chi connectivity index (χ3n) is 3.96. The summed E-state index contributed by atoms with van der Waals surface area (Å²) in [5, 5.41) is 5.17. The van der Waals surface area contributed by atoms with E-state index in [1.807, 2.05) is 18.2 Å². The first kappa shape index (κ1) is 17.2. The molecule has 6 nitrogen and oxygen atoms in total. The first-order valence-electron chi connectivity index (χ1n) is 8.02. The average Bonchev–Trinajstić information content (AvgIpc) is 3.13. The van der Waals surface area contributed by atoms with E-state index in [0.717, 1.165) is 16.6 Å². The highest BCUT2D eigenvalue weighted by molar-refractivity contribution is 9.10. The molecule has 0 spiro atoms. The van der Waals surface area contributed by atoms with Gasteiger partial charge in [-0.25, -0.2) is 19.2 Å². The summed E-state index contributed by atoms with van der Waals surface area (Å²) in [4.78, 5) is 23.5. The number of anilines is 2.